The molecule has 3 N–H and O–H groups in total. The van der Waals surface area contributed by atoms with E-state index in [2.05, 4.69) is 34.8 Å². The van der Waals surface area contributed by atoms with Gasteiger partial charge in [-0.1, -0.05) is 44.2 Å². The second kappa shape index (κ2) is 12.5. The molecule has 2 atom stereocenters. The van der Waals surface area contributed by atoms with Gasteiger partial charge in [-0.2, -0.15) is 0 Å². The fraction of sp³-hybridized carbons (Fsp3) is 0.385. The quantitative estimate of drug-likeness (QED) is 0.448. The summed E-state index contributed by atoms with van der Waals surface area (Å²) in [6.07, 6.45) is 0.581. The SMILES string of the molecule is COC(=O)CC1CN=C(C(CC(C)C)NC(=O)Cc2ccc(NC(=O)Nc3ccccc3)cc2)O1. The lowest BCUT2D eigenvalue weighted by Gasteiger charge is -2.21. The van der Waals surface area contributed by atoms with Gasteiger partial charge in [0.1, 0.15) is 12.1 Å². The normalized spacial score (nSPS) is 15.5. The Balaban J connectivity index is 1.52. The van der Waals surface area contributed by atoms with Gasteiger partial charge in [-0.15, -0.1) is 0 Å². The first-order valence-corrected chi connectivity index (χ1v) is 11.6. The van der Waals surface area contributed by atoms with E-state index in [0.29, 0.717) is 36.2 Å². The predicted molar refractivity (Wildman–Crippen MR) is 134 cm³/mol. The van der Waals surface area contributed by atoms with Crippen LogP contribution in [0.25, 0.3) is 0 Å². The van der Waals surface area contributed by atoms with E-state index in [1.807, 2.05) is 18.2 Å². The number of methoxy groups -OCH3 is 1. The monoisotopic (exact) mass is 480 g/mol. The minimum absolute atomic E-state index is 0.121. The molecule has 2 unspecified atom stereocenters. The number of carbonyl (C=O) groups is 3. The van der Waals surface area contributed by atoms with Crippen LogP contribution in [0.2, 0.25) is 0 Å². The Labute approximate surface area is 205 Å². The summed E-state index contributed by atoms with van der Waals surface area (Å²) in [5.41, 5.74) is 2.12. The average molecular weight is 481 g/mol. The molecule has 9 heteroatoms. The Morgan fingerprint density at radius 1 is 1.03 bits per heavy atom. The van der Waals surface area contributed by atoms with E-state index in [9.17, 15) is 14.4 Å². The molecule has 35 heavy (non-hydrogen) atoms. The number of nitrogens with zero attached hydrogens (tertiary/aromatic N) is 1. The van der Waals surface area contributed by atoms with Crippen molar-refractivity contribution in [3.05, 3.63) is 60.2 Å². The van der Waals surface area contributed by atoms with Crippen molar-refractivity contribution in [2.24, 2.45) is 10.9 Å². The standard InChI is InChI=1S/C26H32N4O5/c1-17(2)13-22(25-27-16-21(35-25)15-24(32)34-3)30-23(31)14-18-9-11-20(12-10-18)29-26(33)28-19-7-5-4-6-8-19/h4-12,17,21-22H,13-16H2,1-3H3,(H,30,31)(H2,28,29,33). The summed E-state index contributed by atoms with van der Waals surface area (Å²) in [6.45, 7) is 4.47. The Kier molecular flexibility index (Phi) is 9.23. The number of amides is 3. The van der Waals surface area contributed by atoms with Gasteiger partial charge < -0.3 is 25.4 Å². The van der Waals surface area contributed by atoms with Crippen molar-refractivity contribution in [1.29, 1.82) is 0 Å². The van der Waals surface area contributed by atoms with Gasteiger partial charge >= 0.3 is 12.0 Å². The van der Waals surface area contributed by atoms with Crippen molar-refractivity contribution >= 4 is 35.2 Å². The zero-order chi connectivity index (χ0) is 25.2. The number of urea groups is 1. The Bertz CT molecular complexity index is 1040. The molecule has 2 aromatic carbocycles. The lowest BCUT2D eigenvalue weighted by Crippen LogP contribution is -2.43. The molecule has 9 nitrogen and oxygen atoms in total. The largest absolute Gasteiger partial charge is 0.474 e. The van der Waals surface area contributed by atoms with Crippen molar-refractivity contribution in [2.45, 2.75) is 45.3 Å². The lowest BCUT2D eigenvalue weighted by atomic mass is 10.0. The van der Waals surface area contributed by atoms with Crippen LogP contribution < -0.4 is 16.0 Å². The maximum Gasteiger partial charge on any atom is 0.323 e. The van der Waals surface area contributed by atoms with Crippen LogP contribution in [-0.4, -0.2) is 49.6 Å². The third-order valence-electron chi connectivity index (χ3n) is 5.31. The van der Waals surface area contributed by atoms with Crippen molar-refractivity contribution in [2.75, 3.05) is 24.3 Å². The topological polar surface area (TPSA) is 118 Å². The Morgan fingerprint density at radius 3 is 2.31 bits per heavy atom. The average Bonchev–Trinajstić information content (AvgIpc) is 3.28. The van der Waals surface area contributed by atoms with Crippen LogP contribution in [0.1, 0.15) is 32.3 Å². The van der Waals surface area contributed by atoms with Crippen LogP contribution in [0.5, 0.6) is 0 Å². The smallest absolute Gasteiger partial charge is 0.323 e. The van der Waals surface area contributed by atoms with Crippen molar-refractivity contribution in [1.82, 2.24) is 5.32 Å². The zero-order valence-electron chi connectivity index (χ0n) is 20.2. The van der Waals surface area contributed by atoms with Gasteiger partial charge in [-0.05, 0) is 42.2 Å². The zero-order valence-corrected chi connectivity index (χ0v) is 20.2. The summed E-state index contributed by atoms with van der Waals surface area (Å²) in [7, 11) is 1.34. The van der Waals surface area contributed by atoms with Gasteiger partial charge in [0.2, 0.25) is 11.8 Å². The molecular formula is C26H32N4O5. The molecule has 0 aromatic heterocycles. The second-order valence-electron chi connectivity index (χ2n) is 8.77. The minimum atomic E-state index is -0.372. The number of aliphatic imine (C=N–C) groups is 1. The van der Waals surface area contributed by atoms with Gasteiger partial charge in [-0.25, -0.2) is 9.79 Å². The first-order chi connectivity index (χ1) is 16.8. The first-order valence-electron chi connectivity index (χ1n) is 11.6. The van der Waals surface area contributed by atoms with E-state index in [1.165, 1.54) is 7.11 Å². The maximum atomic E-state index is 12.8. The number of carbonyl (C=O) groups excluding carboxylic acids is 3. The van der Waals surface area contributed by atoms with E-state index in [1.54, 1.807) is 36.4 Å². The third-order valence-corrected chi connectivity index (χ3v) is 5.31. The lowest BCUT2D eigenvalue weighted by molar-refractivity contribution is -0.142. The van der Waals surface area contributed by atoms with Gasteiger partial charge in [-0.3, -0.25) is 9.59 Å². The molecule has 0 fully saturated rings. The molecule has 0 radical (unpaired) electrons. The number of benzene rings is 2. The van der Waals surface area contributed by atoms with E-state index in [4.69, 9.17) is 9.47 Å². The van der Waals surface area contributed by atoms with Gasteiger partial charge in [0, 0.05) is 11.4 Å². The van der Waals surface area contributed by atoms with E-state index in [-0.39, 0.29) is 42.9 Å². The van der Waals surface area contributed by atoms with Crippen molar-refractivity contribution in [3.63, 3.8) is 0 Å². The summed E-state index contributed by atoms with van der Waals surface area (Å²) in [5, 5.41) is 8.53. The molecule has 0 saturated heterocycles. The molecule has 1 heterocycles. The Morgan fingerprint density at radius 2 is 1.69 bits per heavy atom. The number of ether oxygens (including phenoxy) is 2. The summed E-state index contributed by atoms with van der Waals surface area (Å²) in [5.74, 6) is 0.232. The number of anilines is 2. The number of nitrogens with one attached hydrogen (secondary N) is 3. The molecule has 0 bridgehead atoms. The number of rotatable bonds is 10. The number of hydrogen-bond donors (Lipinski definition) is 3. The maximum absolute atomic E-state index is 12.8. The van der Waals surface area contributed by atoms with Gasteiger partial charge in [0.15, 0.2) is 0 Å². The third kappa shape index (κ3) is 8.44. The molecule has 3 rings (SSSR count). The molecule has 0 aliphatic carbocycles. The van der Waals surface area contributed by atoms with Crippen LogP contribution in [-0.2, 0) is 25.5 Å². The van der Waals surface area contributed by atoms with Crippen LogP contribution in [0, 0.1) is 5.92 Å². The molecule has 2 aromatic rings. The number of esters is 1. The number of para-hydroxylation sites is 1. The molecule has 1 aliphatic heterocycles. The fourth-order valence-electron chi connectivity index (χ4n) is 3.65. The molecular weight excluding hydrogens is 448 g/mol. The molecule has 1 aliphatic rings. The van der Waals surface area contributed by atoms with E-state index >= 15 is 0 Å². The summed E-state index contributed by atoms with van der Waals surface area (Å²) in [4.78, 5) is 40.8. The molecule has 3 amide bonds. The second-order valence-corrected chi connectivity index (χ2v) is 8.77. The van der Waals surface area contributed by atoms with Gasteiger partial charge in [0.25, 0.3) is 0 Å². The highest BCUT2D eigenvalue weighted by molar-refractivity contribution is 5.99. The van der Waals surface area contributed by atoms with Crippen LogP contribution in [0.4, 0.5) is 16.2 Å². The van der Waals surface area contributed by atoms with E-state index < -0.39 is 0 Å². The fourth-order valence-corrected chi connectivity index (χ4v) is 3.65. The predicted octanol–water partition coefficient (Wildman–Crippen LogP) is 3.76. The van der Waals surface area contributed by atoms with Crippen molar-refractivity contribution in [3.8, 4) is 0 Å². The van der Waals surface area contributed by atoms with Crippen LogP contribution in [0.3, 0.4) is 0 Å². The highest BCUT2D eigenvalue weighted by atomic mass is 16.5. The first kappa shape index (κ1) is 25.7. The molecule has 186 valence electrons. The summed E-state index contributed by atoms with van der Waals surface area (Å²) in [6, 6.07) is 15.5. The Hall–Kier alpha value is -3.88. The molecule has 0 saturated carbocycles. The van der Waals surface area contributed by atoms with Gasteiger partial charge in [0.05, 0.1) is 26.5 Å². The summed E-state index contributed by atoms with van der Waals surface area (Å²) < 4.78 is 10.5. The minimum Gasteiger partial charge on any atom is -0.474 e. The number of hydrogen-bond acceptors (Lipinski definition) is 6. The highest BCUT2D eigenvalue weighted by Crippen LogP contribution is 2.17. The van der Waals surface area contributed by atoms with Crippen LogP contribution in [0.15, 0.2) is 59.6 Å². The van der Waals surface area contributed by atoms with E-state index in [0.717, 1.165) is 5.56 Å². The van der Waals surface area contributed by atoms with Crippen molar-refractivity contribution < 1.29 is 23.9 Å². The molecule has 0 spiro atoms. The summed E-state index contributed by atoms with van der Waals surface area (Å²) >= 11 is 0. The van der Waals surface area contributed by atoms with Crippen LogP contribution >= 0.6 is 0 Å². The highest BCUT2D eigenvalue weighted by Gasteiger charge is 2.30.